The van der Waals surface area contributed by atoms with Gasteiger partial charge in [-0.3, -0.25) is 0 Å². The van der Waals surface area contributed by atoms with Gasteiger partial charge in [0.1, 0.15) is 0 Å². The molecule has 2 saturated carbocycles. The molecule has 1 heterocycles. The standard InChI is InChI=1S/C14H22N2S/c1-4-11-12(8-15-9-5-6-9)17-13(16-11)10-7-14(10,2)3/h9-10,15H,4-8H2,1-3H3. The molecule has 17 heavy (non-hydrogen) atoms. The van der Waals surface area contributed by atoms with Crippen molar-refractivity contribution in [1.29, 1.82) is 0 Å². The molecule has 0 spiro atoms. The van der Waals surface area contributed by atoms with Crippen molar-refractivity contribution in [2.75, 3.05) is 0 Å². The van der Waals surface area contributed by atoms with Crippen LogP contribution in [0, 0.1) is 5.41 Å². The van der Waals surface area contributed by atoms with E-state index in [2.05, 4.69) is 26.1 Å². The van der Waals surface area contributed by atoms with Crippen molar-refractivity contribution in [2.45, 2.75) is 65.0 Å². The fourth-order valence-corrected chi connectivity index (χ4v) is 3.80. The molecule has 0 bridgehead atoms. The molecule has 2 aliphatic rings. The van der Waals surface area contributed by atoms with Gasteiger partial charge in [-0.2, -0.15) is 0 Å². The number of rotatable bonds is 5. The van der Waals surface area contributed by atoms with Gasteiger partial charge >= 0.3 is 0 Å². The zero-order chi connectivity index (χ0) is 12.0. The molecule has 2 nitrogen and oxygen atoms in total. The van der Waals surface area contributed by atoms with Crippen LogP contribution in [0.1, 0.15) is 61.5 Å². The zero-order valence-corrected chi connectivity index (χ0v) is 11.9. The Morgan fingerprint density at radius 3 is 2.65 bits per heavy atom. The van der Waals surface area contributed by atoms with E-state index in [1.165, 1.54) is 34.8 Å². The van der Waals surface area contributed by atoms with Gasteiger partial charge in [0.15, 0.2) is 0 Å². The van der Waals surface area contributed by atoms with Crippen LogP contribution in [0.15, 0.2) is 0 Å². The monoisotopic (exact) mass is 250 g/mol. The third-order valence-corrected chi connectivity index (χ3v) is 5.28. The molecular weight excluding hydrogens is 228 g/mol. The van der Waals surface area contributed by atoms with Crippen LogP contribution in [0.5, 0.6) is 0 Å². The zero-order valence-electron chi connectivity index (χ0n) is 11.0. The smallest absolute Gasteiger partial charge is 0.0968 e. The molecule has 1 aromatic rings. The Bertz CT molecular complexity index is 418. The number of hydrogen-bond acceptors (Lipinski definition) is 3. The molecule has 1 N–H and O–H groups in total. The Morgan fingerprint density at radius 1 is 1.41 bits per heavy atom. The van der Waals surface area contributed by atoms with E-state index in [0.29, 0.717) is 5.41 Å². The third-order valence-electron chi connectivity index (χ3n) is 4.07. The summed E-state index contributed by atoms with van der Waals surface area (Å²) in [5.41, 5.74) is 1.84. The number of hydrogen-bond donors (Lipinski definition) is 1. The van der Waals surface area contributed by atoms with Crippen LogP contribution in [0.4, 0.5) is 0 Å². The van der Waals surface area contributed by atoms with Gasteiger partial charge < -0.3 is 5.32 Å². The maximum absolute atomic E-state index is 4.86. The van der Waals surface area contributed by atoms with E-state index in [1.54, 1.807) is 0 Å². The first-order chi connectivity index (χ1) is 8.10. The van der Waals surface area contributed by atoms with Gasteiger partial charge in [-0.25, -0.2) is 4.98 Å². The summed E-state index contributed by atoms with van der Waals surface area (Å²) in [5, 5.41) is 5.00. The molecule has 0 aliphatic heterocycles. The number of nitrogens with zero attached hydrogens (tertiary/aromatic N) is 1. The lowest BCUT2D eigenvalue weighted by molar-refractivity contribution is 0.619. The minimum atomic E-state index is 0.504. The van der Waals surface area contributed by atoms with E-state index in [0.717, 1.165) is 24.9 Å². The number of aromatic nitrogens is 1. The Balaban J connectivity index is 1.72. The largest absolute Gasteiger partial charge is 0.309 e. The summed E-state index contributed by atoms with van der Waals surface area (Å²) >= 11 is 1.95. The molecule has 0 radical (unpaired) electrons. The minimum absolute atomic E-state index is 0.504. The Kier molecular flexibility index (Phi) is 2.79. The van der Waals surface area contributed by atoms with Crippen molar-refractivity contribution in [3.05, 3.63) is 15.6 Å². The summed E-state index contributed by atoms with van der Waals surface area (Å²) in [4.78, 5) is 6.35. The molecule has 3 heteroatoms. The molecular formula is C14H22N2S. The molecule has 94 valence electrons. The second-order valence-corrected chi connectivity index (χ2v) is 7.29. The summed E-state index contributed by atoms with van der Waals surface area (Å²) < 4.78 is 0. The normalized spacial score (nSPS) is 26.2. The van der Waals surface area contributed by atoms with E-state index >= 15 is 0 Å². The first kappa shape index (κ1) is 11.7. The number of thiazole rings is 1. The lowest BCUT2D eigenvalue weighted by Crippen LogP contribution is -2.15. The van der Waals surface area contributed by atoms with Gasteiger partial charge in [-0.1, -0.05) is 20.8 Å². The van der Waals surface area contributed by atoms with Crippen molar-refractivity contribution in [1.82, 2.24) is 10.3 Å². The van der Waals surface area contributed by atoms with Crippen LogP contribution in [0.25, 0.3) is 0 Å². The summed E-state index contributed by atoms with van der Waals surface area (Å²) in [6.07, 6.45) is 5.12. The maximum atomic E-state index is 4.86. The van der Waals surface area contributed by atoms with Crippen molar-refractivity contribution in [2.24, 2.45) is 5.41 Å². The van der Waals surface area contributed by atoms with Gasteiger partial charge in [0, 0.05) is 23.4 Å². The SMILES string of the molecule is CCc1nc(C2CC2(C)C)sc1CNC1CC1. The lowest BCUT2D eigenvalue weighted by Gasteiger charge is -2.00. The quantitative estimate of drug-likeness (QED) is 0.865. The van der Waals surface area contributed by atoms with Crippen molar-refractivity contribution >= 4 is 11.3 Å². The average molecular weight is 250 g/mol. The Hall–Kier alpha value is -0.410. The van der Waals surface area contributed by atoms with Crippen LogP contribution < -0.4 is 5.32 Å². The first-order valence-corrected chi connectivity index (χ1v) is 7.63. The fourth-order valence-electron chi connectivity index (χ4n) is 2.38. The topological polar surface area (TPSA) is 24.9 Å². The molecule has 1 aromatic heterocycles. The maximum Gasteiger partial charge on any atom is 0.0968 e. The van der Waals surface area contributed by atoms with Gasteiger partial charge in [0.25, 0.3) is 0 Å². The predicted molar refractivity (Wildman–Crippen MR) is 72.5 cm³/mol. The van der Waals surface area contributed by atoms with Crippen molar-refractivity contribution in [3.63, 3.8) is 0 Å². The van der Waals surface area contributed by atoms with Crippen LogP contribution >= 0.6 is 11.3 Å². The first-order valence-electron chi connectivity index (χ1n) is 6.82. The molecule has 3 rings (SSSR count). The van der Waals surface area contributed by atoms with E-state index in [-0.39, 0.29) is 0 Å². The summed E-state index contributed by atoms with van der Waals surface area (Å²) in [6.45, 7) is 7.97. The highest BCUT2D eigenvalue weighted by atomic mass is 32.1. The molecule has 0 saturated heterocycles. The predicted octanol–water partition coefficient (Wildman–Crippen LogP) is 3.47. The lowest BCUT2D eigenvalue weighted by atomic mass is 10.1. The fraction of sp³-hybridized carbons (Fsp3) is 0.786. The van der Waals surface area contributed by atoms with Crippen LogP contribution in [0.3, 0.4) is 0 Å². The van der Waals surface area contributed by atoms with Crippen LogP contribution in [-0.2, 0) is 13.0 Å². The molecule has 0 aromatic carbocycles. The highest BCUT2D eigenvalue weighted by Gasteiger charge is 2.48. The highest BCUT2D eigenvalue weighted by Crippen LogP contribution is 2.59. The molecule has 2 fully saturated rings. The van der Waals surface area contributed by atoms with Gasteiger partial charge in [0.2, 0.25) is 0 Å². The van der Waals surface area contributed by atoms with Gasteiger partial charge in [-0.15, -0.1) is 11.3 Å². The summed E-state index contributed by atoms with van der Waals surface area (Å²) in [7, 11) is 0. The van der Waals surface area contributed by atoms with E-state index in [1.807, 2.05) is 11.3 Å². The molecule has 2 aliphatic carbocycles. The van der Waals surface area contributed by atoms with Gasteiger partial charge in [-0.05, 0) is 31.1 Å². The van der Waals surface area contributed by atoms with E-state index < -0.39 is 0 Å². The summed E-state index contributed by atoms with van der Waals surface area (Å²) in [5.74, 6) is 0.729. The van der Waals surface area contributed by atoms with Gasteiger partial charge in [0.05, 0.1) is 10.7 Å². The molecule has 0 amide bonds. The third kappa shape index (κ3) is 2.41. The minimum Gasteiger partial charge on any atom is -0.309 e. The van der Waals surface area contributed by atoms with Crippen molar-refractivity contribution in [3.8, 4) is 0 Å². The van der Waals surface area contributed by atoms with Crippen molar-refractivity contribution < 1.29 is 0 Å². The average Bonchev–Trinajstić information content (AvgIpc) is 3.17. The molecule has 1 atom stereocenters. The highest BCUT2D eigenvalue weighted by molar-refractivity contribution is 7.11. The van der Waals surface area contributed by atoms with Crippen LogP contribution in [0.2, 0.25) is 0 Å². The van der Waals surface area contributed by atoms with Crippen LogP contribution in [-0.4, -0.2) is 11.0 Å². The number of aryl methyl sites for hydroxylation is 1. The Labute approximate surface area is 108 Å². The van der Waals surface area contributed by atoms with E-state index in [4.69, 9.17) is 4.98 Å². The summed E-state index contributed by atoms with van der Waals surface area (Å²) in [6, 6.07) is 0.794. The second kappa shape index (κ2) is 4.06. The number of nitrogens with one attached hydrogen (secondary N) is 1. The molecule has 1 unspecified atom stereocenters. The van der Waals surface area contributed by atoms with E-state index in [9.17, 15) is 0 Å². The Morgan fingerprint density at radius 2 is 2.12 bits per heavy atom. The second-order valence-electron chi connectivity index (χ2n) is 6.18.